The summed E-state index contributed by atoms with van der Waals surface area (Å²) in [4.78, 5) is 0. The monoisotopic (exact) mass is 244 g/mol. The number of alkyl halides is 6. The van der Waals surface area contributed by atoms with Crippen molar-refractivity contribution in [1.82, 2.24) is 0 Å². The average Bonchev–Trinajstić information content (AvgIpc) is 2.58. The summed E-state index contributed by atoms with van der Waals surface area (Å²) in [6.45, 7) is 0. The molecule has 0 aromatic carbocycles. The van der Waals surface area contributed by atoms with Gasteiger partial charge in [-0.05, 0) is 30.6 Å². The largest absolute Gasteiger partial charge is 0.400 e. The smallest absolute Gasteiger partial charge is 0.170 e. The van der Waals surface area contributed by atoms with Crippen molar-refractivity contribution in [2.75, 3.05) is 0 Å². The van der Waals surface area contributed by atoms with E-state index in [1.165, 1.54) is 6.08 Å². The molecule has 0 saturated heterocycles. The fourth-order valence-electron chi connectivity index (χ4n) is 2.88. The molecule has 0 spiro atoms. The van der Waals surface area contributed by atoms with Crippen LogP contribution in [0.3, 0.4) is 0 Å². The molecule has 0 amide bonds. The molecule has 0 aromatic rings. The summed E-state index contributed by atoms with van der Waals surface area (Å²) >= 11 is 0. The average molecular weight is 244 g/mol. The van der Waals surface area contributed by atoms with E-state index in [9.17, 15) is 26.3 Å². The summed E-state index contributed by atoms with van der Waals surface area (Å²) in [5.74, 6) is -5.14. The third kappa shape index (κ3) is 1.94. The van der Waals surface area contributed by atoms with E-state index in [1.54, 1.807) is 6.08 Å². The first-order chi connectivity index (χ1) is 7.19. The molecule has 0 heterocycles. The maximum atomic E-state index is 12.4. The maximum absolute atomic E-state index is 12.4. The van der Waals surface area contributed by atoms with Crippen LogP contribution < -0.4 is 0 Å². The molecule has 6 heteroatoms. The van der Waals surface area contributed by atoms with Crippen LogP contribution >= 0.6 is 0 Å². The molecule has 3 unspecified atom stereocenters. The molecule has 1 fully saturated rings. The van der Waals surface area contributed by atoms with E-state index in [0.29, 0.717) is 6.42 Å². The second-order valence-corrected chi connectivity index (χ2v) is 4.50. The first kappa shape index (κ1) is 11.8. The van der Waals surface area contributed by atoms with E-state index in [2.05, 4.69) is 0 Å². The Hall–Kier alpha value is -0.680. The predicted octanol–water partition coefficient (Wildman–Crippen LogP) is 3.94. The van der Waals surface area contributed by atoms with Gasteiger partial charge in [-0.25, -0.2) is 0 Å². The van der Waals surface area contributed by atoms with E-state index in [0.717, 1.165) is 0 Å². The van der Waals surface area contributed by atoms with Gasteiger partial charge in [-0.15, -0.1) is 0 Å². The van der Waals surface area contributed by atoms with Gasteiger partial charge < -0.3 is 0 Å². The van der Waals surface area contributed by atoms with Crippen molar-refractivity contribution < 1.29 is 26.3 Å². The number of halogens is 6. The molecule has 0 aromatic heterocycles. The highest BCUT2D eigenvalue weighted by Crippen LogP contribution is 2.55. The Labute approximate surface area is 88.3 Å². The third-order valence-corrected chi connectivity index (χ3v) is 3.46. The number of fused-ring (bicyclic) bond motifs is 2. The summed E-state index contributed by atoms with van der Waals surface area (Å²) in [5, 5.41) is 0. The van der Waals surface area contributed by atoms with Crippen LogP contribution in [0.25, 0.3) is 0 Å². The number of hydrogen-bond acceptors (Lipinski definition) is 0. The molecule has 1 saturated carbocycles. The lowest BCUT2D eigenvalue weighted by molar-refractivity contribution is -0.300. The standard InChI is InChI=1S/C10H10F6/c11-9(12,13)8(10(14,15)16)7-4-5-1-2-6(7)3-5/h1-2,5-8H,3-4H2. The van der Waals surface area contributed by atoms with Crippen LogP contribution in [0.4, 0.5) is 26.3 Å². The SMILES string of the molecule is FC(F)(F)C(C1CC2C=CC1C2)C(F)(F)F. The molecule has 0 nitrogen and oxygen atoms in total. The summed E-state index contributed by atoms with van der Waals surface area (Å²) < 4.78 is 74.7. The summed E-state index contributed by atoms with van der Waals surface area (Å²) in [7, 11) is 0. The normalized spacial score (nSPS) is 34.1. The van der Waals surface area contributed by atoms with Gasteiger partial charge in [0.1, 0.15) is 0 Å². The Bertz CT molecular complexity index is 285. The molecule has 0 N–H and O–H groups in total. The minimum atomic E-state index is -5.19. The van der Waals surface area contributed by atoms with Crippen LogP contribution in [-0.2, 0) is 0 Å². The lowest BCUT2D eigenvalue weighted by Crippen LogP contribution is -2.43. The van der Waals surface area contributed by atoms with Crippen molar-refractivity contribution in [1.29, 1.82) is 0 Å². The minimum absolute atomic E-state index is 0.00481. The van der Waals surface area contributed by atoms with Gasteiger partial charge in [0.25, 0.3) is 0 Å². The highest BCUT2D eigenvalue weighted by Gasteiger charge is 2.62. The van der Waals surface area contributed by atoms with E-state index < -0.39 is 30.1 Å². The highest BCUT2D eigenvalue weighted by molar-refractivity contribution is 5.12. The van der Waals surface area contributed by atoms with E-state index >= 15 is 0 Å². The number of rotatable bonds is 1. The molecular weight excluding hydrogens is 234 g/mol. The first-order valence-electron chi connectivity index (χ1n) is 5.01. The van der Waals surface area contributed by atoms with Gasteiger partial charge in [0.2, 0.25) is 0 Å². The Morgan fingerprint density at radius 3 is 1.75 bits per heavy atom. The van der Waals surface area contributed by atoms with E-state index in [1.807, 2.05) is 0 Å². The van der Waals surface area contributed by atoms with Gasteiger partial charge >= 0.3 is 12.4 Å². The Kier molecular flexibility index (Phi) is 2.51. The molecule has 2 bridgehead atoms. The van der Waals surface area contributed by atoms with Crippen LogP contribution in [0.2, 0.25) is 0 Å². The molecule has 0 radical (unpaired) electrons. The lowest BCUT2D eigenvalue weighted by atomic mass is 9.81. The lowest BCUT2D eigenvalue weighted by Gasteiger charge is -2.31. The maximum Gasteiger partial charge on any atom is 0.400 e. The molecule has 16 heavy (non-hydrogen) atoms. The third-order valence-electron chi connectivity index (χ3n) is 3.46. The molecular formula is C10H10F6. The number of hydrogen-bond donors (Lipinski definition) is 0. The fraction of sp³-hybridized carbons (Fsp3) is 0.800. The van der Waals surface area contributed by atoms with Crippen LogP contribution in [0.5, 0.6) is 0 Å². The zero-order valence-corrected chi connectivity index (χ0v) is 8.15. The molecule has 92 valence electrons. The van der Waals surface area contributed by atoms with Crippen LogP contribution in [0.15, 0.2) is 12.2 Å². The first-order valence-corrected chi connectivity index (χ1v) is 5.01. The molecule has 2 aliphatic carbocycles. The van der Waals surface area contributed by atoms with Gasteiger partial charge in [0.05, 0.1) is 0 Å². The topological polar surface area (TPSA) is 0 Å². The van der Waals surface area contributed by atoms with Crippen LogP contribution in [0, 0.1) is 23.7 Å². The highest BCUT2D eigenvalue weighted by atomic mass is 19.4. The van der Waals surface area contributed by atoms with Crippen molar-refractivity contribution >= 4 is 0 Å². The predicted molar refractivity (Wildman–Crippen MR) is 44.4 cm³/mol. The van der Waals surface area contributed by atoms with Gasteiger partial charge in [-0.2, -0.15) is 26.3 Å². The second kappa shape index (κ2) is 3.40. The van der Waals surface area contributed by atoms with E-state index in [-0.39, 0.29) is 12.3 Å². The fourth-order valence-corrected chi connectivity index (χ4v) is 2.88. The molecule has 3 atom stereocenters. The van der Waals surface area contributed by atoms with Crippen molar-refractivity contribution in [3.63, 3.8) is 0 Å². The second-order valence-electron chi connectivity index (χ2n) is 4.50. The zero-order valence-electron chi connectivity index (χ0n) is 8.15. The summed E-state index contributed by atoms with van der Waals surface area (Å²) in [6, 6.07) is 0. The van der Waals surface area contributed by atoms with Crippen LogP contribution in [-0.4, -0.2) is 12.4 Å². The quantitative estimate of drug-likeness (QED) is 0.484. The van der Waals surface area contributed by atoms with Gasteiger partial charge in [-0.3, -0.25) is 0 Å². The molecule has 2 rings (SSSR count). The van der Waals surface area contributed by atoms with Gasteiger partial charge in [0.15, 0.2) is 5.92 Å². The zero-order chi connectivity index (χ0) is 12.1. The molecule has 2 aliphatic rings. The summed E-state index contributed by atoms with van der Waals surface area (Å²) in [6.07, 6.45) is -6.71. The van der Waals surface area contributed by atoms with Gasteiger partial charge in [-0.1, -0.05) is 12.2 Å². The van der Waals surface area contributed by atoms with Gasteiger partial charge in [0, 0.05) is 0 Å². The Balaban J connectivity index is 2.24. The Morgan fingerprint density at radius 2 is 1.44 bits per heavy atom. The molecule has 0 aliphatic heterocycles. The van der Waals surface area contributed by atoms with Crippen molar-refractivity contribution in [2.24, 2.45) is 23.7 Å². The number of allylic oxidation sites excluding steroid dienone is 2. The minimum Gasteiger partial charge on any atom is -0.170 e. The summed E-state index contributed by atoms with van der Waals surface area (Å²) in [5.41, 5.74) is 0. The van der Waals surface area contributed by atoms with E-state index in [4.69, 9.17) is 0 Å². The van der Waals surface area contributed by atoms with Crippen LogP contribution in [0.1, 0.15) is 12.8 Å². The Morgan fingerprint density at radius 1 is 0.875 bits per heavy atom. The van der Waals surface area contributed by atoms with Crippen molar-refractivity contribution in [2.45, 2.75) is 25.2 Å². The van der Waals surface area contributed by atoms with Crippen molar-refractivity contribution in [3.8, 4) is 0 Å². The van der Waals surface area contributed by atoms with Crippen molar-refractivity contribution in [3.05, 3.63) is 12.2 Å².